The molecule has 2 aromatic heterocycles. The van der Waals surface area contributed by atoms with Crippen LogP contribution in [-0.2, 0) is 11.3 Å². The van der Waals surface area contributed by atoms with Crippen LogP contribution in [0, 0.1) is 11.3 Å². The van der Waals surface area contributed by atoms with Crippen LogP contribution in [0.5, 0.6) is 0 Å². The van der Waals surface area contributed by atoms with Crippen LogP contribution in [0.2, 0.25) is 0 Å². The molecule has 1 saturated heterocycles. The van der Waals surface area contributed by atoms with Gasteiger partial charge in [-0.2, -0.15) is 10.2 Å². The summed E-state index contributed by atoms with van der Waals surface area (Å²) in [4.78, 5) is 14.5. The summed E-state index contributed by atoms with van der Waals surface area (Å²) in [5, 5.41) is 15.4. The maximum Gasteiger partial charge on any atom is 0.231 e. The minimum atomic E-state index is -0.0455. The molecule has 1 aromatic carbocycles. The van der Waals surface area contributed by atoms with Gasteiger partial charge in [0.2, 0.25) is 5.91 Å². The Morgan fingerprint density at radius 2 is 1.97 bits per heavy atom. The first-order valence-corrected chi connectivity index (χ1v) is 10.1. The van der Waals surface area contributed by atoms with Gasteiger partial charge >= 0.3 is 0 Å². The molecule has 1 fully saturated rings. The average Bonchev–Trinajstić information content (AvgIpc) is 3.16. The van der Waals surface area contributed by atoms with Gasteiger partial charge in [-0.05, 0) is 41.8 Å². The second-order valence-electron chi connectivity index (χ2n) is 8.55. The Labute approximate surface area is 176 Å². The topological polar surface area (TPSA) is 102 Å². The van der Waals surface area contributed by atoms with Crippen LogP contribution in [0.15, 0.2) is 55.0 Å². The van der Waals surface area contributed by atoms with Crippen LogP contribution >= 0.6 is 0 Å². The van der Waals surface area contributed by atoms with Crippen molar-refractivity contribution in [2.45, 2.75) is 20.4 Å². The molecule has 3 aromatic rings. The van der Waals surface area contributed by atoms with E-state index < -0.39 is 0 Å². The smallest absolute Gasteiger partial charge is 0.231 e. The summed E-state index contributed by atoms with van der Waals surface area (Å²) in [6, 6.07) is 11.6. The lowest BCUT2D eigenvalue weighted by Gasteiger charge is -2.38. The largest absolute Gasteiger partial charge is 0.353 e. The first-order valence-electron chi connectivity index (χ1n) is 10.1. The van der Waals surface area contributed by atoms with Crippen LogP contribution in [0.1, 0.15) is 13.8 Å². The van der Waals surface area contributed by atoms with Crippen molar-refractivity contribution < 1.29 is 4.79 Å². The number of carbonyl (C=O) groups is 1. The van der Waals surface area contributed by atoms with E-state index in [9.17, 15) is 4.79 Å². The van der Waals surface area contributed by atoms with Gasteiger partial charge in [0.1, 0.15) is 0 Å². The molecule has 1 aliphatic rings. The van der Waals surface area contributed by atoms with Gasteiger partial charge < -0.3 is 16.0 Å². The number of benzene rings is 1. The number of nitrogens with two attached hydrogens (primary N) is 1. The lowest BCUT2D eigenvalue weighted by Crippen LogP contribution is -2.52. The molecule has 0 radical (unpaired) electrons. The van der Waals surface area contributed by atoms with E-state index in [1.807, 2.05) is 58.4 Å². The number of amides is 1. The number of hydrogen-bond donors (Lipinski definition) is 2. The maximum atomic E-state index is 12.5. The van der Waals surface area contributed by atoms with E-state index in [0.29, 0.717) is 19.6 Å². The molecule has 8 nitrogen and oxygen atoms in total. The fourth-order valence-electron chi connectivity index (χ4n) is 3.39. The van der Waals surface area contributed by atoms with Gasteiger partial charge in [0.05, 0.1) is 12.1 Å². The molecule has 0 unspecified atom stereocenters. The molecule has 30 heavy (non-hydrogen) atoms. The first kappa shape index (κ1) is 20.0. The molecule has 3 heterocycles. The third-order valence-corrected chi connectivity index (χ3v) is 5.40. The quantitative estimate of drug-likeness (QED) is 0.626. The van der Waals surface area contributed by atoms with Crippen molar-refractivity contribution in [1.29, 1.82) is 0 Å². The molecule has 4 rings (SSSR count). The van der Waals surface area contributed by atoms with Crippen LogP contribution in [0.4, 0.5) is 11.5 Å². The minimum Gasteiger partial charge on any atom is -0.353 e. The summed E-state index contributed by atoms with van der Waals surface area (Å²) in [6.45, 7) is 6.93. The zero-order chi connectivity index (χ0) is 21.1. The monoisotopic (exact) mass is 405 g/mol. The van der Waals surface area contributed by atoms with Crippen LogP contribution < -0.4 is 16.0 Å². The molecule has 0 saturated carbocycles. The van der Waals surface area contributed by atoms with E-state index in [2.05, 4.69) is 34.5 Å². The predicted molar refractivity (Wildman–Crippen MR) is 117 cm³/mol. The van der Waals surface area contributed by atoms with Crippen molar-refractivity contribution in [1.82, 2.24) is 20.0 Å². The summed E-state index contributed by atoms with van der Waals surface area (Å²) >= 11 is 0. The van der Waals surface area contributed by atoms with Crippen LogP contribution in [-0.4, -0.2) is 45.5 Å². The zero-order valence-electron chi connectivity index (χ0n) is 17.3. The standard InChI is InChI=1S/C22H27N7O/c1-22(2,14-23)15-29-13-17(10-25-29)16-5-7-19(8-6-16)26-21(30)18-11-28(12-18)20-4-3-9-24-27-20/h3-10,13,18H,11-12,14-15,23H2,1-2H3,(H,26,30). The number of hydrogen-bond acceptors (Lipinski definition) is 6. The summed E-state index contributed by atoms with van der Waals surface area (Å²) in [5.41, 5.74) is 8.71. The number of carbonyl (C=O) groups excluding carboxylic acids is 1. The Kier molecular flexibility index (Phi) is 5.50. The summed E-state index contributed by atoms with van der Waals surface area (Å²) in [6.07, 6.45) is 5.53. The highest BCUT2D eigenvalue weighted by atomic mass is 16.2. The second-order valence-corrected chi connectivity index (χ2v) is 8.55. The van der Waals surface area contributed by atoms with Gasteiger partial charge in [-0.15, -0.1) is 5.10 Å². The molecule has 0 aliphatic carbocycles. The number of aromatic nitrogens is 4. The van der Waals surface area contributed by atoms with Gasteiger partial charge in [0, 0.05) is 43.3 Å². The second kappa shape index (κ2) is 8.23. The Balaban J connectivity index is 1.32. The van der Waals surface area contributed by atoms with E-state index >= 15 is 0 Å². The van der Waals surface area contributed by atoms with Crippen molar-refractivity contribution in [2.24, 2.45) is 17.1 Å². The number of nitrogens with one attached hydrogen (secondary N) is 1. The average molecular weight is 406 g/mol. The third-order valence-electron chi connectivity index (χ3n) is 5.40. The van der Waals surface area contributed by atoms with Crippen LogP contribution in [0.3, 0.4) is 0 Å². The number of nitrogens with zero attached hydrogens (tertiary/aromatic N) is 5. The molecule has 1 amide bonds. The Bertz CT molecular complexity index is 992. The zero-order valence-corrected chi connectivity index (χ0v) is 17.3. The minimum absolute atomic E-state index is 0.00161. The fraction of sp³-hybridized carbons (Fsp3) is 0.364. The lowest BCUT2D eigenvalue weighted by molar-refractivity contribution is -0.120. The lowest BCUT2D eigenvalue weighted by atomic mass is 9.94. The van der Waals surface area contributed by atoms with E-state index in [4.69, 9.17) is 5.73 Å². The van der Waals surface area contributed by atoms with E-state index in [0.717, 1.165) is 29.2 Å². The van der Waals surface area contributed by atoms with E-state index in [-0.39, 0.29) is 17.2 Å². The van der Waals surface area contributed by atoms with Crippen molar-refractivity contribution in [3.8, 4) is 11.1 Å². The van der Waals surface area contributed by atoms with Gasteiger partial charge in [-0.3, -0.25) is 9.48 Å². The molecule has 8 heteroatoms. The fourth-order valence-corrected chi connectivity index (χ4v) is 3.39. The van der Waals surface area contributed by atoms with E-state index in [1.54, 1.807) is 6.20 Å². The summed E-state index contributed by atoms with van der Waals surface area (Å²) < 4.78 is 1.93. The van der Waals surface area contributed by atoms with Crippen molar-refractivity contribution in [3.63, 3.8) is 0 Å². The van der Waals surface area contributed by atoms with E-state index in [1.165, 1.54) is 0 Å². The highest BCUT2D eigenvalue weighted by Crippen LogP contribution is 2.25. The Hall–Kier alpha value is -3.26. The van der Waals surface area contributed by atoms with Crippen molar-refractivity contribution in [3.05, 3.63) is 55.0 Å². The molecule has 1 aliphatic heterocycles. The van der Waals surface area contributed by atoms with Gasteiger partial charge in [0.15, 0.2) is 5.82 Å². The van der Waals surface area contributed by atoms with Gasteiger partial charge in [-0.25, -0.2) is 0 Å². The Morgan fingerprint density at radius 3 is 2.63 bits per heavy atom. The van der Waals surface area contributed by atoms with Crippen molar-refractivity contribution in [2.75, 3.05) is 29.9 Å². The highest BCUT2D eigenvalue weighted by molar-refractivity contribution is 5.94. The number of anilines is 2. The Morgan fingerprint density at radius 1 is 1.20 bits per heavy atom. The van der Waals surface area contributed by atoms with Crippen molar-refractivity contribution >= 4 is 17.4 Å². The molecule has 156 valence electrons. The first-order chi connectivity index (χ1) is 14.4. The molecule has 0 spiro atoms. The van der Waals surface area contributed by atoms with Gasteiger partial charge in [-0.1, -0.05) is 26.0 Å². The van der Waals surface area contributed by atoms with Gasteiger partial charge in [0.25, 0.3) is 0 Å². The predicted octanol–water partition coefficient (Wildman–Crippen LogP) is 2.40. The molecule has 0 bridgehead atoms. The highest BCUT2D eigenvalue weighted by Gasteiger charge is 2.33. The third kappa shape index (κ3) is 4.49. The normalized spacial score (nSPS) is 14.4. The van der Waals surface area contributed by atoms with Crippen LogP contribution in [0.25, 0.3) is 11.1 Å². The SMILES string of the molecule is CC(C)(CN)Cn1cc(-c2ccc(NC(=O)C3CN(c4cccnn4)C3)cc2)cn1. The molecular formula is C22H27N7O. The summed E-state index contributed by atoms with van der Waals surface area (Å²) in [5.74, 6) is 0.789. The molecule has 0 atom stereocenters. The number of rotatable bonds is 7. The maximum absolute atomic E-state index is 12.5. The molecular weight excluding hydrogens is 378 g/mol. The molecule has 3 N–H and O–H groups in total. The summed E-state index contributed by atoms with van der Waals surface area (Å²) in [7, 11) is 0.